The van der Waals surface area contributed by atoms with Gasteiger partial charge in [0.25, 0.3) is 0 Å². The number of nitrogens with one attached hydrogen (secondary N) is 1. The molecule has 1 aromatic heterocycles. The maximum atomic E-state index is 6.02. The molecule has 0 atom stereocenters. The molecule has 0 saturated heterocycles. The fourth-order valence-electron chi connectivity index (χ4n) is 2.29. The molecule has 0 aliphatic heterocycles. The van der Waals surface area contributed by atoms with Crippen LogP contribution in [0.5, 0.6) is 11.5 Å². The monoisotopic (exact) mass is 344 g/mol. The van der Waals surface area contributed by atoms with Crippen LogP contribution in [-0.4, -0.2) is 19.4 Å². The quantitative estimate of drug-likeness (QED) is 0.706. The minimum atomic E-state index is 0.472. The Bertz CT molecular complexity index is 815. The van der Waals surface area contributed by atoms with Gasteiger partial charge < -0.3 is 19.3 Å². The topological polar surface area (TPSA) is 56.5 Å². The smallest absolute Gasteiger partial charge is 0.156 e. The molecule has 3 aromatic rings. The lowest BCUT2D eigenvalue weighted by Crippen LogP contribution is -2.00. The van der Waals surface area contributed by atoms with Gasteiger partial charge in [0.2, 0.25) is 0 Å². The van der Waals surface area contributed by atoms with Gasteiger partial charge in [-0.15, -0.1) is 0 Å². The normalized spacial score (nSPS) is 10.5. The fraction of sp³-hybridized carbons (Fsp3) is 0.167. The Balaban J connectivity index is 1.71. The number of methoxy groups -OCH3 is 2. The fourth-order valence-corrected chi connectivity index (χ4v) is 2.47. The van der Waals surface area contributed by atoms with E-state index in [1.807, 2.05) is 36.4 Å². The summed E-state index contributed by atoms with van der Waals surface area (Å²) in [4.78, 5) is 0. The number of aromatic nitrogens is 1. The van der Waals surface area contributed by atoms with E-state index in [1.165, 1.54) is 0 Å². The first-order valence-corrected chi connectivity index (χ1v) is 7.75. The molecule has 6 heteroatoms. The second-order valence-electron chi connectivity index (χ2n) is 5.11. The van der Waals surface area contributed by atoms with E-state index in [4.69, 9.17) is 25.6 Å². The van der Waals surface area contributed by atoms with E-state index < -0.39 is 0 Å². The number of hydrogen-bond donors (Lipinski definition) is 1. The van der Waals surface area contributed by atoms with Crippen LogP contribution in [0.1, 0.15) is 5.76 Å². The van der Waals surface area contributed by atoms with Gasteiger partial charge in [0.05, 0.1) is 26.5 Å². The molecule has 5 nitrogen and oxygen atoms in total. The van der Waals surface area contributed by atoms with Crippen LogP contribution < -0.4 is 14.8 Å². The molecule has 24 heavy (non-hydrogen) atoms. The molecular formula is C18H17ClN2O3. The minimum absolute atomic E-state index is 0.472. The van der Waals surface area contributed by atoms with Gasteiger partial charge in [-0.05, 0) is 42.5 Å². The first-order chi connectivity index (χ1) is 11.7. The second kappa shape index (κ2) is 7.27. The van der Waals surface area contributed by atoms with Crippen LogP contribution in [0.25, 0.3) is 11.3 Å². The van der Waals surface area contributed by atoms with E-state index in [2.05, 4.69) is 10.5 Å². The Labute approximate surface area is 145 Å². The van der Waals surface area contributed by atoms with E-state index in [0.717, 1.165) is 22.7 Å². The Morgan fingerprint density at radius 3 is 2.54 bits per heavy atom. The summed E-state index contributed by atoms with van der Waals surface area (Å²) in [6, 6.07) is 14.9. The maximum absolute atomic E-state index is 6.02. The average Bonchev–Trinajstić information content (AvgIpc) is 3.09. The molecule has 3 rings (SSSR count). The molecule has 0 fully saturated rings. The summed E-state index contributed by atoms with van der Waals surface area (Å²) in [6.45, 7) is 0.472. The summed E-state index contributed by atoms with van der Waals surface area (Å²) in [6.07, 6.45) is 0. The molecule has 0 saturated carbocycles. The highest BCUT2D eigenvalue weighted by atomic mass is 35.5. The van der Waals surface area contributed by atoms with Gasteiger partial charge in [0.1, 0.15) is 17.2 Å². The van der Waals surface area contributed by atoms with E-state index in [0.29, 0.717) is 23.1 Å². The molecule has 0 bridgehead atoms. The molecule has 124 valence electrons. The Kier molecular flexibility index (Phi) is 4.91. The van der Waals surface area contributed by atoms with Crippen LogP contribution in [-0.2, 0) is 6.54 Å². The Morgan fingerprint density at radius 1 is 1.04 bits per heavy atom. The number of anilines is 1. The third-order valence-electron chi connectivity index (χ3n) is 3.56. The van der Waals surface area contributed by atoms with Crippen molar-refractivity contribution in [3.63, 3.8) is 0 Å². The summed E-state index contributed by atoms with van der Waals surface area (Å²) in [7, 11) is 3.25. The van der Waals surface area contributed by atoms with Gasteiger partial charge in [-0.3, -0.25) is 0 Å². The Hall–Kier alpha value is -2.66. The molecule has 0 unspecified atom stereocenters. The minimum Gasteiger partial charge on any atom is -0.497 e. The largest absolute Gasteiger partial charge is 0.497 e. The van der Waals surface area contributed by atoms with Crippen molar-refractivity contribution < 1.29 is 14.0 Å². The van der Waals surface area contributed by atoms with E-state index >= 15 is 0 Å². The van der Waals surface area contributed by atoms with Crippen LogP contribution in [0.4, 0.5) is 5.69 Å². The summed E-state index contributed by atoms with van der Waals surface area (Å²) >= 11 is 6.02. The van der Waals surface area contributed by atoms with E-state index in [1.54, 1.807) is 26.4 Å². The van der Waals surface area contributed by atoms with Gasteiger partial charge in [0.15, 0.2) is 5.76 Å². The van der Waals surface area contributed by atoms with E-state index in [-0.39, 0.29) is 0 Å². The number of hydrogen-bond acceptors (Lipinski definition) is 5. The standard InChI is InChI=1S/C18H17ClN2O3/c1-22-14-6-3-12(4-7-14)16-10-15(24-21-16)11-20-17-9-13(19)5-8-18(17)23-2/h3-10,20H,11H2,1-2H3. The lowest BCUT2D eigenvalue weighted by molar-refractivity contribution is 0.389. The van der Waals surface area contributed by atoms with Crippen LogP contribution in [0, 0.1) is 0 Å². The zero-order chi connectivity index (χ0) is 16.9. The predicted molar refractivity (Wildman–Crippen MR) is 93.8 cm³/mol. The van der Waals surface area contributed by atoms with Crippen molar-refractivity contribution in [3.05, 3.63) is 59.3 Å². The Morgan fingerprint density at radius 2 is 1.83 bits per heavy atom. The van der Waals surface area contributed by atoms with Crippen molar-refractivity contribution in [2.45, 2.75) is 6.54 Å². The first kappa shape index (κ1) is 16.2. The third kappa shape index (κ3) is 3.63. The molecule has 1 heterocycles. The van der Waals surface area contributed by atoms with Crippen molar-refractivity contribution in [2.75, 3.05) is 19.5 Å². The highest BCUT2D eigenvalue weighted by molar-refractivity contribution is 6.30. The molecule has 2 aromatic carbocycles. The van der Waals surface area contributed by atoms with E-state index in [9.17, 15) is 0 Å². The van der Waals surface area contributed by atoms with Crippen molar-refractivity contribution >= 4 is 17.3 Å². The maximum Gasteiger partial charge on any atom is 0.156 e. The summed E-state index contributed by atoms with van der Waals surface area (Å²) in [5, 5.41) is 7.98. The molecule has 0 amide bonds. The summed E-state index contributed by atoms with van der Waals surface area (Å²) in [5.74, 6) is 2.23. The summed E-state index contributed by atoms with van der Waals surface area (Å²) < 4.78 is 15.8. The summed E-state index contributed by atoms with van der Waals surface area (Å²) in [5.41, 5.74) is 2.53. The third-order valence-corrected chi connectivity index (χ3v) is 3.79. The number of ether oxygens (including phenoxy) is 2. The van der Waals surface area contributed by atoms with Crippen LogP contribution in [0.3, 0.4) is 0 Å². The molecule has 1 N–H and O–H groups in total. The van der Waals surface area contributed by atoms with Crippen LogP contribution >= 0.6 is 11.6 Å². The predicted octanol–water partition coefficient (Wildman–Crippen LogP) is 4.62. The van der Waals surface area contributed by atoms with Crippen LogP contribution in [0.2, 0.25) is 5.02 Å². The number of rotatable bonds is 6. The second-order valence-corrected chi connectivity index (χ2v) is 5.54. The van der Waals surface area contributed by atoms with Gasteiger partial charge >= 0.3 is 0 Å². The number of halogens is 1. The molecule has 0 aliphatic carbocycles. The molecule has 0 aliphatic rings. The zero-order valence-electron chi connectivity index (χ0n) is 13.4. The molecular weight excluding hydrogens is 328 g/mol. The molecule has 0 spiro atoms. The van der Waals surface area contributed by atoms with Gasteiger partial charge in [-0.2, -0.15) is 0 Å². The van der Waals surface area contributed by atoms with Crippen molar-refractivity contribution in [2.24, 2.45) is 0 Å². The van der Waals surface area contributed by atoms with Crippen molar-refractivity contribution in [1.29, 1.82) is 0 Å². The highest BCUT2D eigenvalue weighted by Gasteiger charge is 2.09. The van der Waals surface area contributed by atoms with Gasteiger partial charge in [-0.1, -0.05) is 16.8 Å². The van der Waals surface area contributed by atoms with Gasteiger partial charge in [0, 0.05) is 16.7 Å². The first-order valence-electron chi connectivity index (χ1n) is 7.37. The van der Waals surface area contributed by atoms with Gasteiger partial charge in [-0.25, -0.2) is 0 Å². The zero-order valence-corrected chi connectivity index (χ0v) is 14.1. The number of benzene rings is 2. The number of nitrogens with zero attached hydrogens (tertiary/aromatic N) is 1. The highest BCUT2D eigenvalue weighted by Crippen LogP contribution is 2.28. The average molecular weight is 345 g/mol. The lowest BCUT2D eigenvalue weighted by atomic mass is 10.1. The van der Waals surface area contributed by atoms with Crippen molar-refractivity contribution in [1.82, 2.24) is 5.16 Å². The molecule has 0 radical (unpaired) electrons. The lowest BCUT2D eigenvalue weighted by Gasteiger charge is -2.09. The van der Waals surface area contributed by atoms with Crippen LogP contribution in [0.15, 0.2) is 53.1 Å². The SMILES string of the molecule is COc1ccc(-c2cc(CNc3cc(Cl)ccc3OC)on2)cc1. The van der Waals surface area contributed by atoms with Crippen molar-refractivity contribution in [3.8, 4) is 22.8 Å².